The average molecular weight is 484 g/mol. The van der Waals surface area contributed by atoms with E-state index in [1.165, 1.54) is 0 Å². The van der Waals surface area contributed by atoms with Gasteiger partial charge in [0.15, 0.2) is 6.23 Å². The van der Waals surface area contributed by atoms with E-state index in [9.17, 15) is 38.4 Å². The van der Waals surface area contributed by atoms with E-state index in [0.29, 0.717) is 4.57 Å². The summed E-state index contributed by atoms with van der Waals surface area (Å²) >= 11 is 0. The number of rotatable bonds is 8. The molecule has 0 amide bonds. The van der Waals surface area contributed by atoms with Gasteiger partial charge < -0.3 is 34.5 Å². The Morgan fingerprint density at radius 1 is 1.03 bits per heavy atom. The first-order valence-corrected chi connectivity index (χ1v) is 11.7. The summed E-state index contributed by atoms with van der Waals surface area (Å²) < 4.78 is 50.6. The van der Waals surface area contributed by atoms with Crippen molar-refractivity contribution in [2.45, 2.75) is 24.5 Å². The minimum absolute atomic E-state index is 0.708. The zero-order valence-electron chi connectivity index (χ0n) is 13.8. The second-order valence-electron chi connectivity index (χ2n) is 5.45. The summed E-state index contributed by atoms with van der Waals surface area (Å²) in [6, 6.07) is 0.920. The lowest BCUT2D eigenvalue weighted by Crippen LogP contribution is -2.37. The molecule has 2 rings (SSSR count). The van der Waals surface area contributed by atoms with Crippen LogP contribution in [0.25, 0.3) is 0 Å². The molecule has 2 heterocycles. The van der Waals surface area contributed by atoms with E-state index in [0.717, 1.165) is 12.3 Å². The van der Waals surface area contributed by atoms with Gasteiger partial charge in [-0.3, -0.25) is 18.9 Å². The second kappa shape index (κ2) is 8.61. The van der Waals surface area contributed by atoms with E-state index < -0.39 is 65.9 Å². The quantitative estimate of drug-likeness (QED) is 0.188. The van der Waals surface area contributed by atoms with Crippen LogP contribution in [0.5, 0.6) is 0 Å². The lowest BCUT2D eigenvalue weighted by molar-refractivity contribution is -0.0542. The van der Waals surface area contributed by atoms with Crippen LogP contribution in [-0.4, -0.2) is 64.3 Å². The second-order valence-corrected chi connectivity index (χ2v) is 9.87. The Bertz CT molecular complexity index is 997. The fourth-order valence-electron chi connectivity index (χ4n) is 2.20. The molecule has 0 saturated carbocycles. The molecule has 6 unspecified atom stereocenters. The molecule has 1 aliphatic heterocycles. The fourth-order valence-corrected chi connectivity index (χ4v) is 5.23. The molecule has 1 aromatic rings. The van der Waals surface area contributed by atoms with Gasteiger partial charge in [0.2, 0.25) is 0 Å². The topological polar surface area (TPSA) is 264 Å². The van der Waals surface area contributed by atoms with E-state index in [2.05, 4.69) is 13.1 Å². The number of phosphoric ester groups is 1. The van der Waals surface area contributed by atoms with Gasteiger partial charge in [-0.1, -0.05) is 0 Å². The summed E-state index contributed by atoms with van der Waals surface area (Å²) in [7, 11) is -16.8. The third kappa shape index (κ3) is 6.73. The first-order chi connectivity index (χ1) is 13.1. The predicted octanol–water partition coefficient (Wildman–Crippen LogP) is -2.50. The Kier molecular flexibility index (Phi) is 7.20. The van der Waals surface area contributed by atoms with E-state index in [1.54, 1.807) is 0 Å². The lowest BCUT2D eigenvalue weighted by atomic mass is 10.1. The van der Waals surface area contributed by atoms with E-state index in [-0.39, 0.29) is 0 Å². The van der Waals surface area contributed by atoms with Crippen molar-refractivity contribution < 1.29 is 61.4 Å². The van der Waals surface area contributed by atoms with Crippen LogP contribution in [0, 0.1) is 0 Å². The SMILES string of the molecule is O=c1ccn(C2OC(COP(=O)(O)OP(=O)(O)OP(=O)(O)O)C(O)C2O)c(=O)[nH]1. The Balaban J connectivity index is 2.06. The van der Waals surface area contributed by atoms with Crippen LogP contribution in [0.1, 0.15) is 6.23 Å². The molecule has 1 fully saturated rings. The van der Waals surface area contributed by atoms with Crippen molar-refractivity contribution in [3.63, 3.8) is 0 Å². The monoisotopic (exact) mass is 484 g/mol. The van der Waals surface area contributed by atoms with Gasteiger partial charge in [0, 0.05) is 12.3 Å². The van der Waals surface area contributed by atoms with Crippen LogP contribution in [0.3, 0.4) is 0 Å². The first-order valence-electron chi connectivity index (χ1n) is 7.22. The minimum Gasteiger partial charge on any atom is -0.387 e. The number of aliphatic hydroxyl groups excluding tert-OH is 2. The van der Waals surface area contributed by atoms with Crippen LogP contribution >= 0.6 is 23.5 Å². The standard InChI is InChI=1S/C9H15N2O15P3/c12-5-1-2-11(9(15)10-5)8-7(14)6(13)4(24-8)3-23-28(19,20)26-29(21,22)25-27(16,17)18/h1-2,4,6-8,13-14H,3H2,(H,19,20)(H,21,22)(H,10,12,15)(H2,16,17,18). The van der Waals surface area contributed by atoms with Gasteiger partial charge in [-0.2, -0.15) is 8.62 Å². The number of H-pyrrole nitrogens is 1. The van der Waals surface area contributed by atoms with Crippen LogP contribution < -0.4 is 11.2 Å². The summed E-state index contributed by atoms with van der Waals surface area (Å²) in [6.45, 7) is -1.05. The highest BCUT2D eigenvalue weighted by atomic mass is 31.3. The van der Waals surface area contributed by atoms with Gasteiger partial charge in [-0.15, -0.1) is 0 Å². The fraction of sp³-hybridized carbons (Fsp3) is 0.556. The van der Waals surface area contributed by atoms with Gasteiger partial charge in [0.25, 0.3) is 5.56 Å². The number of hydrogen-bond acceptors (Lipinski definition) is 11. The summed E-state index contributed by atoms with van der Waals surface area (Å²) in [5.41, 5.74) is -1.74. The van der Waals surface area contributed by atoms with Crippen molar-refractivity contribution in [1.82, 2.24) is 9.55 Å². The number of aromatic nitrogens is 2. The molecular formula is C9H15N2O15P3. The van der Waals surface area contributed by atoms with E-state index in [4.69, 9.17) is 19.4 Å². The highest BCUT2D eigenvalue weighted by Gasteiger charge is 2.46. The smallest absolute Gasteiger partial charge is 0.387 e. The third-order valence-corrected chi connectivity index (χ3v) is 7.08. The Morgan fingerprint density at radius 2 is 1.66 bits per heavy atom. The van der Waals surface area contributed by atoms with Gasteiger partial charge in [-0.05, 0) is 0 Å². The summed E-state index contributed by atoms with van der Waals surface area (Å²) in [5, 5.41) is 19.9. The Hall–Kier alpha value is -1.03. The molecule has 1 saturated heterocycles. The largest absolute Gasteiger partial charge is 0.490 e. The zero-order valence-corrected chi connectivity index (χ0v) is 16.5. The molecule has 166 valence electrons. The highest BCUT2D eigenvalue weighted by molar-refractivity contribution is 7.66. The first kappa shape index (κ1) is 24.2. The maximum Gasteiger partial charge on any atom is 0.490 e. The van der Waals surface area contributed by atoms with Gasteiger partial charge in [0.05, 0.1) is 6.61 Å². The summed E-state index contributed by atoms with van der Waals surface area (Å²) in [5.74, 6) is 0. The van der Waals surface area contributed by atoms with Gasteiger partial charge in [-0.25, -0.2) is 18.5 Å². The van der Waals surface area contributed by atoms with Crippen LogP contribution in [0.2, 0.25) is 0 Å². The summed E-state index contributed by atoms with van der Waals surface area (Å²) in [6.07, 6.45) is -5.70. The third-order valence-electron chi connectivity index (χ3n) is 3.28. The lowest BCUT2D eigenvalue weighted by Gasteiger charge is -2.19. The number of ether oxygens (including phenoxy) is 1. The van der Waals surface area contributed by atoms with Crippen molar-refractivity contribution >= 4 is 23.5 Å². The van der Waals surface area contributed by atoms with E-state index >= 15 is 0 Å². The molecule has 0 aromatic carbocycles. The maximum atomic E-state index is 11.7. The van der Waals surface area contributed by atoms with E-state index in [1.807, 2.05) is 4.98 Å². The molecule has 6 atom stereocenters. The van der Waals surface area contributed by atoms with Crippen molar-refractivity contribution in [3.05, 3.63) is 33.1 Å². The van der Waals surface area contributed by atoms with Crippen molar-refractivity contribution in [1.29, 1.82) is 0 Å². The Morgan fingerprint density at radius 3 is 2.21 bits per heavy atom. The Labute approximate surface area is 159 Å². The molecule has 0 radical (unpaired) electrons. The molecule has 1 aromatic heterocycles. The zero-order chi connectivity index (χ0) is 22.2. The molecule has 0 spiro atoms. The van der Waals surface area contributed by atoms with Gasteiger partial charge in [0.1, 0.15) is 18.3 Å². The number of aliphatic hydroxyl groups is 2. The normalized spacial score (nSPS) is 29.3. The van der Waals surface area contributed by atoms with Crippen molar-refractivity contribution in [2.24, 2.45) is 0 Å². The van der Waals surface area contributed by atoms with Crippen molar-refractivity contribution in [3.8, 4) is 0 Å². The molecule has 1 aliphatic rings. The number of aromatic amines is 1. The van der Waals surface area contributed by atoms with Gasteiger partial charge >= 0.3 is 29.2 Å². The number of nitrogens with zero attached hydrogens (tertiary/aromatic N) is 1. The molecule has 0 aliphatic carbocycles. The van der Waals surface area contributed by atoms with Crippen LogP contribution in [-0.2, 0) is 31.6 Å². The molecule has 7 N–H and O–H groups in total. The molecular weight excluding hydrogens is 469 g/mol. The molecule has 29 heavy (non-hydrogen) atoms. The molecule has 0 bridgehead atoms. The van der Waals surface area contributed by atoms with Crippen molar-refractivity contribution in [2.75, 3.05) is 6.61 Å². The average Bonchev–Trinajstić information content (AvgIpc) is 2.78. The maximum absolute atomic E-state index is 11.7. The number of nitrogens with one attached hydrogen (secondary N) is 1. The molecule has 17 nitrogen and oxygen atoms in total. The number of hydrogen-bond donors (Lipinski definition) is 7. The number of phosphoric acid groups is 3. The summed E-state index contributed by atoms with van der Waals surface area (Å²) in [4.78, 5) is 59.9. The van der Waals surface area contributed by atoms with Crippen LogP contribution in [0.4, 0.5) is 0 Å². The minimum atomic E-state index is -5.73. The predicted molar refractivity (Wildman–Crippen MR) is 87.1 cm³/mol. The highest BCUT2D eigenvalue weighted by Crippen LogP contribution is 2.66. The molecule has 20 heteroatoms. The van der Waals surface area contributed by atoms with Crippen LogP contribution in [0.15, 0.2) is 21.9 Å².